The van der Waals surface area contributed by atoms with Gasteiger partial charge in [-0.25, -0.2) is 0 Å². The van der Waals surface area contributed by atoms with Gasteiger partial charge in [-0.3, -0.25) is 9.69 Å². The summed E-state index contributed by atoms with van der Waals surface area (Å²) in [5.74, 6) is -0.00157. The van der Waals surface area contributed by atoms with E-state index in [1.54, 1.807) is 41.3 Å². The number of amides is 1. The molecule has 2 N–H and O–H groups in total. The molecule has 1 amide bonds. The lowest BCUT2D eigenvalue weighted by atomic mass is 10.0. The molecule has 29 heavy (non-hydrogen) atoms. The van der Waals surface area contributed by atoms with Gasteiger partial charge in [0.05, 0.1) is 0 Å². The number of carbonyl (C=O) groups excluding carboxylic acids is 1. The normalized spacial score (nSPS) is 10.5. The maximum atomic E-state index is 13.3. The molecule has 0 aromatic heterocycles. The minimum absolute atomic E-state index is 0.102. The SMILES string of the molecule is O=C(c1ccc(O)cc1)N(c1ccc(O)cc1)c1ccc(-c2ccccc2)cc1. The Balaban J connectivity index is 1.74. The van der Waals surface area contributed by atoms with Crippen LogP contribution in [-0.4, -0.2) is 16.1 Å². The average Bonchev–Trinajstić information content (AvgIpc) is 2.77. The van der Waals surface area contributed by atoms with Crippen molar-refractivity contribution in [3.63, 3.8) is 0 Å². The first-order chi connectivity index (χ1) is 14.1. The number of anilines is 2. The summed E-state index contributed by atoms with van der Waals surface area (Å²) in [6.07, 6.45) is 0. The molecule has 142 valence electrons. The summed E-state index contributed by atoms with van der Waals surface area (Å²) in [6.45, 7) is 0. The second-order valence-electron chi connectivity index (χ2n) is 6.62. The lowest BCUT2D eigenvalue weighted by Crippen LogP contribution is -2.25. The van der Waals surface area contributed by atoms with Gasteiger partial charge in [-0.2, -0.15) is 0 Å². The molecule has 0 saturated heterocycles. The first-order valence-electron chi connectivity index (χ1n) is 9.20. The van der Waals surface area contributed by atoms with Crippen molar-refractivity contribution in [3.05, 3.63) is 109 Å². The Bertz CT molecular complexity index is 1100. The lowest BCUT2D eigenvalue weighted by molar-refractivity contribution is 0.0999. The Labute approximate surface area is 168 Å². The van der Waals surface area contributed by atoms with E-state index in [2.05, 4.69) is 0 Å². The molecular weight excluding hydrogens is 362 g/mol. The van der Waals surface area contributed by atoms with Gasteiger partial charge in [0.1, 0.15) is 11.5 Å². The zero-order valence-electron chi connectivity index (χ0n) is 15.6. The summed E-state index contributed by atoms with van der Waals surface area (Å²) in [4.78, 5) is 14.9. The zero-order chi connectivity index (χ0) is 20.2. The van der Waals surface area contributed by atoms with Gasteiger partial charge < -0.3 is 10.2 Å². The summed E-state index contributed by atoms with van der Waals surface area (Å²) in [5, 5.41) is 19.2. The number of hydrogen-bond acceptors (Lipinski definition) is 3. The fourth-order valence-electron chi connectivity index (χ4n) is 3.15. The Morgan fingerprint density at radius 3 is 1.55 bits per heavy atom. The van der Waals surface area contributed by atoms with Gasteiger partial charge in [0, 0.05) is 16.9 Å². The van der Waals surface area contributed by atoms with Gasteiger partial charge in [-0.15, -0.1) is 0 Å². The third-order valence-electron chi connectivity index (χ3n) is 4.66. The molecule has 0 aliphatic heterocycles. The number of benzene rings is 4. The molecule has 0 radical (unpaired) electrons. The number of phenolic OH excluding ortho intramolecular Hbond substituents is 2. The third-order valence-corrected chi connectivity index (χ3v) is 4.66. The molecule has 4 aromatic carbocycles. The van der Waals surface area contributed by atoms with Crippen LogP contribution in [-0.2, 0) is 0 Å². The fraction of sp³-hybridized carbons (Fsp3) is 0. The van der Waals surface area contributed by atoms with E-state index >= 15 is 0 Å². The van der Waals surface area contributed by atoms with Gasteiger partial charge >= 0.3 is 0 Å². The summed E-state index contributed by atoms with van der Waals surface area (Å²) in [7, 11) is 0. The van der Waals surface area contributed by atoms with Crippen LogP contribution in [0.15, 0.2) is 103 Å². The Hall–Kier alpha value is -4.05. The van der Waals surface area contributed by atoms with Crippen LogP contribution in [0.5, 0.6) is 11.5 Å². The standard InChI is InChI=1S/C25H19NO3/c27-23-14-8-20(9-15-23)25(29)26(22-12-16-24(28)17-13-22)21-10-6-19(7-11-21)18-4-2-1-3-5-18/h1-17,27-28H. The molecule has 4 heteroatoms. The molecule has 0 heterocycles. The molecule has 0 bridgehead atoms. The van der Waals surface area contributed by atoms with Gasteiger partial charge in [0.15, 0.2) is 0 Å². The van der Waals surface area contributed by atoms with E-state index in [0.29, 0.717) is 16.9 Å². The van der Waals surface area contributed by atoms with Crippen molar-refractivity contribution in [2.45, 2.75) is 0 Å². The van der Waals surface area contributed by atoms with E-state index in [1.807, 2.05) is 54.6 Å². The highest BCUT2D eigenvalue weighted by Crippen LogP contribution is 2.31. The van der Waals surface area contributed by atoms with Crippen molar-refractivity contribution in [2.75, 3.05) is 4.90 Å². The van der Waals surface area contributed by atoms with E-state index in [4.69, 9.17) is 0 Å². The predicted molar refractivity (Wildman–Crippen MR) is 115 cm³/mol. The number of carbonyl (C=O) groups is 1. The molecule has 4 aromatic rings. The van der Waals surface area contributed by atoms with Crippen molar-refractivity contribution in [1.82, 2.24) is 0 Å². The van der Waals surface area contributed by atoms with Crippen LogP contribution in [0.2, 0.25) is 0 Å². The summed E-state index contributed by atoms with van der Waals surface area (Å²) >= 11 is 0. The second kappa shape index (κ2) is 7.90. The maximum Gasteiger partial charge on any atom is 0.262 e. The molecular formula is C25H19NO3. The highest BCUT2D eigenvalue weighted by molar-refractivity contribution is 6.11. The molecule has 0 aliphatic rings. The Morgan fingerprint density at radius 2 is 1.00 bits per heavy atom. The number of phenols is 2. The van der Waals surface area contributed by atoms with Crippen molar-refractivity contribution in [3.8, 4) is 22.6 Å². The van der Waals surface area contributed by atoms with Crippen LogP contribution in [0.1, 0.15) is 10.4 Å². The van der Waals surface area contributed by atoms with E-state index in [-0.39, 0.29) is 17.4 Å². The van der Waals surface area contributed by atoms with Crippen molar-refractivity contribution >= 4 is 17.3 Å². The predicted octanol–water partition coefficient (Wildman–Crippen LogP) is 5.74. The lowest BCUT2D eigenvalue weighted by Gasteiger charge is -2.23. The minimum atomic E-state index is -0.233. The Morgan fingerprint density at radius 1 is 0.552 bits per heavy atom. The summed E-state index contributed by atoms with van der Waals surface area (Å²) < 4.78 is 0. The van der Waals surface area contributed by atoms with E-state index in [0.717, 1.165) is 11.1 Å². The molecule has 0 fully saturated rings. The van der Waals surface area contributed by atoms with Gasteiger partial charge in [-0.05, 0) is 71.8 Å². The quantitative estimate of drug-likeness (QED) is 0.474. The molecule has 0 atom stereocenters. The largest absolute Gasteiger partial charge is 0.508 e. The Kier molecular flexibility index (Phi) is 4.99. The van der Waals surface area contributed by atoms with Crippen LogP contribution in [0.25, 0.3) is 11.1 Å². The molecule has 4 rings (SSSR count). The maximum absolute atomic E-state index is 13.3. The minimum Gasteiger partial charge on any atom is -0.508 e. The molecule has 0 saturated carbocycles. The van der Waals surface area contributed by atoms with Crippen LogP contribution in [0.4, 0.5) is 11.4 Å². The number of rotatable bonds is 4. The van der Waals surface area contributed by atoms with Crippen LogP contribution in [0, 0.1) is 0 Å². The van der Waals surface area contributed by atoms with Crippen LogP contribution >= 0.6 is 0 Å². The van der Waals surface area contributed by atoms with Gasteiger partial charge in [-0.1, -0.05) is 42.5 Å². The molecule has 0 spiro atoms. The highest BCUT2D eigenvalue weighted by atomic mass is 16.3. The van der Waals surface area contributed by atoms with Crippen molar-refractivity contribution in [1.29, 1.82) is 0 Å². The van der Waals surface area contributed by atoms with Gasteiger partial charge in [0.25, 0.3) is 5.91 Å². The fourth-order valence-corrected chi connectivity index (χ4v) is 3.15. The number of aromatic hydroxyl groups is 2. The first kappa shape index (κ1) is 18.3. The average molecular weight is 381 g/mol. The van der Waals surface area contributed by atoms with Crippen molar-refractivity contribution < 1.29 is 15.0 Å². The zero-order valence-corrected chi connectivity index (χ0v) is 15.6. The van der Waals surface area contributed by atoms with E-state index < -0.39 is 0 Å². The van der Waals surface area contributed by atoms with Crippen LogP contribution < -0.4 is 4.90 Å². The molecule has 0 aliphatic carbocycles. The summed E-state index contributed by atoms with van der Waals surface area (Å²) in [5.41, 5.74) is 3.93. The smallest absolute Gasteiger partial charge is 0.262 e. The monoisotopic (exact) mass is 381 g/mol. The number of hydrogen-bond donors (Lipinski definition) is 2. The van der Waals surface area contributed by atoms with Crippen molar-refractivity contribution in [2.24, 2.45) is 0 Å². The topological polar surface area (TPSA) is 60.8 Å². The number of nitrogens with zero attached hydrogens (tertiary/aromatic N) is 1. The summed E-state index contributed by atoms with van der Waals surface area (Å²) in [6, 6.07) is 30.4. The van der Waals surface area contributed by atoms with Crippen LogP contribution in [0.3, 0.4) is 0 Å². The first-order valence-corrected chi connectivity index (χ1v) is 9.20. The van der Waals surface area contributed by atoms with E-state index in [9.17, 15) is 15.0 Å². The molecule has 0 unspecified atom stereocenters. The highest BCUT2D eigenvalue weighted by Gasteiger charge is 2.20. The third kappa shape index (κ3) is 3.96. The van der Waals surface area contributed by atoms with Gasteiger partial charge in [0.2, 0.25) is 0 Å². The van der Waals surface area contributed by atoms with E-state index in [1.165, 1.54) is 12.1 Å². The molecule has 4 nitrogen and oxygen atoms in total. The second-order valence-corrected chi connectivity index (χ2v) is 6.62.